The summed E-state index contributed by atoms with van der Waals surface area (Å²) in [6, 6.07) is 3.03. The third-order valence-corrected chi connectivity index (χ3v) is 6.28. The highest BCUT2D eigenvalue weighted by Crippen LogP contribution is 2.59. The summed E-state index contributed by atoms with van der Waals surface area (Å²) in [6.07, 6.45) is 11.7. The van der Waals surface area contributed by atoms with E-state index in [1.807, 2.05) is 0 Å². The summed E-state index contributed by atoms with van der Waals surface area (Å²) >= 11 is 0. The van der Waals surface area contributed by atoms with Crippen molar-refractivity contribution in [3.63, 3.8) is 0 Å². The maximum absolute atomic E-state index is 13.9. The van der Waals surface area contributed by atoms with E-state index in [4.69, 9.17) is 4.74 Å². The van der Waals surface area contributed by atoms with E-state index in [1.54, 1.807) is 12.4 Å². The Morgan fingerprint density at radius 3 is 2.39 bits per heavy atom. The molecule has 0 aliphatic heterocycles. The van der Waals surface area contributed by atoms with Crippen LogP contribution in [0.25, 0.3) is 0 Å². The molecule has 3 aliphatic rings. The number of benzene rings is 1. The van der Waals surface area contributed by atoms with E-state index in [2.05, 4.69) is 6.92 Å². The SMILES string of the molecule is CC1(COc2cc(F)c([C]=O)cc2C2CC2)CCC2(CC1)CC2. The number of halogens is 1. The van der Waals surface area contributed by atoms with Crippen LogP contribution >= 0.6 is 0 Å². The second-order valence-electron chi connectivity index (χ2n) is 8.35. The summed E-state index contributed by atoms with van der Waals surface area (Å²) in [6.45, 7) is 2.94. The predicted octanol–water partition coefficient (Wildman–Crippen LogP) is 4.90. The van der Waals surface area contributed by atoms with Crippen LogP contribution in [0.1, 0.15) is 75.3 Å². The average Bonchev–Trinajstić information content (AvgIpc) is 3.45. The van der Waals surface area contributed by atoms with Gasteiger partial charge in [0.1, 0.15) is 11.6 Å². The van der Waals surface area contributed by atoms with Gasteiger partial charge in [-0.2, -0.15) is 0 Å². The molecule has 3 aliphatic carbocycles. The number of carbonyl (C=O) groups excluding carboxylic acids is 1. The highest BCUT2D eigenvalue weighted by Gasteiger charge is 2.48. The number of hydrogen-bond donors (Lipinski definition) is 0. The molecule has 0 N–H and O–H groups in total. The standard InChI is InChI=1S/C20H24FO2/c1-19(4-6-20(7-5-19)8-9-20)13-23-18-11-17(21)15(12-22)10-16(18)14-2-3-14/h10-11,14H,2-9,13H2,1H3. The van der Waals surface area contributed by atoms with Crippen molar-refractivity contribution in [1.82, 2.24) is 0 Å². The molecule has 3 saturated carbocycles. The lowest BCUT2D eigenvalue weighted by Crippen LogP contribution is -2.31. The summed E-state index contributed by atoms with van der Waals surface area (Å²) < 4.78 is 20.0. The van der Waals surface area contributed by atoms with Crippen LogP contribution in [0.15, 0.2) is 12.1 Å². The van der Waals surface area contributed by atoms with E-state index in [1.165, 1.54) is 44.6 Å². The van der Waals surface area contributed by atoms with Gasteiger partial charge in [-0.05, 0) is 74.3 Å². The van der Waals surface area contributed by atoms with Crippen molar-refractivity contribution >= 4 is 6.29 Å². The predicted molar refractivity (Wildman–Crippen MR) is 86.9 cm³/mol. The van der Waals surface area contributed by atoms with Crippen molar-refractivity contribution in [3.05, 3.63) is 29.1 Å². The molecule has 1 aromatic rings. The van der Waals surface area contributed by atoms with E-state index in [9.17, 15) is 9.18 Å². The average molecular weight is 315 g/mol. The summed E-state index contributed by atoms with van der Waals surface area (Å²) in [5.74, 6) is 0.536. The molecule has 0 heterocycles. The van der Waals surface area contributed by atoms with Crippen molar-refractivity contribution in [2.45, 2.75) is 64.2 Å². The number of ether oxygens (including phenoxy) is 1. The Morgan fingerprint density at radius 1 is 1.17 bits per heavy atom. The zero-order chi connectivity index (χ0) is 16.1. The fourth-order valence-electron chi connectivity index (χ4n) is 3.95. The Bertz CT molecular complexity index is 619. The van der Waals surface area contributed by atoms with Gasteiger partial charge in [0.2, 0.25) is 6.29 Å². The molecule has 0 unspecified atom stereocenters. The normalized spacial score (nSPS) is 24.4. The van der Waals surface area contributed by atoms with E-state index in [0.717, 1.165) is 18.4 Å². The van der Waals surface area contributed by atoms with Crippen LogP contribution in [-0.2, 0) is 4.79 Å². The highest BCUT2D eigenvalue weighted by molar-refractivity contribution is 5.77. The van der Waals surface area contributed by atoms with Gasteiger partial charge in [0.15, 0.2) is 0 Å². The lowest BCUT2D eigenvalue weighted by atomic mass is 9.71. The van der Waals surface area contributed by atoms with Crippen molar-refractivity contribution in [1.29, 1.82) is 0 Å². The van der Waals surface area contributed by atoms with Crippen LogP contribution in [0, 0.1) is 16.6 Å². The van der Waals surface area contributed by atoms with Crippen molar-refractivity contribution in [2.75, 3.05) is 6.61 Å². The molecular formula is C20H24FO2. The van der Waals surface area contributed by atoms with Crippen molar-refractivity contribution in [2.24, 2.45) is 10.8 Å². The third-order valence-electron chi connectivity index (χ3n) is 6.28. The highest BCUT2D eigenvalue weighted by atomic mass is 19.1. The van der Waals surface area contributed by atoms with Crippen LogP contribution in [0.3, 0.4) is 0 Å². The first kappa shape index (κ1) is 15.2. The Hall–Kier alpha value is -1.38. The van der Waals surface area contributed by atoms with E-state index < -0.39 is 5.82 Å². The van der Waals surface area contributed by atoms with Crippen LogP contribution < -0.4 is 4.74 Å². The summed E-state index contributed by atoms with van der Waals surface area (Å²) in [7, 11) is 0. The second-order valence-corrected chi connectivity index (χ2v) is 8.35. The van der Waals surface area contributed by atoms with Crippen LogP contribution in [0.4, 0.5) is 4.39 Å². The molecule has 0 bridgehead atoms. The lowest BCUT2D eigenvalue weighted by Gasteiger charge is -2.37. The first-order valence-corrected chi connectivity index (χ1v) is 8.87. The maximum Gasteiger partial charge on any atom is 0.236 e. The van der Waals surface area contributed by atoms with Crippen LogP contribution in [0.5, 0.6) is 5.75 Å². The van der Waals surface area contributed by atoms with Gasteiger partial charge in [-0.15, -0.1) is 0 Å². The molecule has 0 aromatic heterocycles. The molecule has 1 spiro atoms. The fourth-order valence-corrected chi connectivity index (χ4v) is 3.95. The Labute approximate surface area is 137 Å². The quantitative estimate of drug-likeness (QED) is 0.772. The van der Waals surface area contributed by atoms with E-state index in [-0.39, 0.29) is 11.0 Å². The zero-order valence-electron chi connectivity index (χ0n) is 13.8. The molecule has 0 saturated heterocycles. The minimum Gasteiger partial charge on any atom is -0.493 e. The van der Waals surface area contributed by atoms with Crippen LogP contribution in [-0.4, -0.2) is 12.9 Å². The first-order chi connectivity index (χ1) is 11.0. The second kappa shape index (κ2) is 5.32. The summed E-state index contributed by atoms with van der Waals surface area (Å²) in [4.78, 5) is 10.9. The van der Waals surface area contributed by atoms with Gasteiger partial charge in [0.05, 0.1) is 12.2 Å². The minimum absolute atomic E-state index is 0.0267. The Morgan fingerprint density at radius 2 is 1.83 bits per heavy atom. The van der Waals surface area contributed by atoms with Gasteiger partial charge in [0, 0.05) is 11.5 Å². The summed E-state index contributed by atoms with van der Waals surface area (Å²) in [5.41, 5.74) is 1.88. The fraction of sp³-hybridized carbons (Fsp3) is 0.650. The van der Waals surface area contributed by atoms with Gasteiger partial charge in [-0.25, -0.2) is 4.39 Å². The van der Waals surface area contributed by atoms with Crippen molar-refractivity contribution in [3.8, 4) is 5.75 Å². The van der Waals surface area contributed by atoms with Gasteiger partial charge in [-0.1, -0.05) is 6.92 Å². The molecule has 0 amide bonds. The summed E-state index contributed by atoms with van der Waals surface area (Å²) in [5, 5.41) is 0. The van der Waals surface area contributed by atoms with Crippen molar-refractivity contribution < 1.29 is 13.9 Å². The molecule has 123 valence electrons. The van der Waals surface area contributed by atoms with E-state index in [0.29, 0.717) is 23.7 Å². The van der Waals surface area contributed by atoms with Gasteiger partial charge < -0.3 is 4.74 Å². The lowest BCUT2D eigenvalue weighted by molar-refractivity contribution is 0.0870. The van der Waals surface area contributed by atoms with Gasteiger partial charge >= 0.3 is 0 Å². The molecule has 3 fully saturated rings. The monoisotopic (exact) mass is 315 g/mol. The topological polar surface area (TPSA) is 26.3 Å². The Kier molecular flexibility index (Phi) is 3.51. The molecule has 3 heteroatoms. The molecule has 2 nitrogen and oxygen atoms in total. The number of rotatable bonds is 5. The van der Waals surface area contributed by atoms with Gasteiger partial charge in [0.25, 0.3) is 0 Å². The third kappa shape index (κ3) is 3.02. The number of hydrogen-bond acceptors (Lipinski definition) is 2. The molecule has 1 radical (unpaired) electrons. The molecule has 23 heavy (non-hydrogen) atoms. The largest absolute Gasteiger partial charge is 0.493 e. The van der Waals surface area contributed by atoms with Gasteiger partial charge in [-0.3, -0.25) is 4.79 Å². The minimum atomic E-state index is -0.523. The first-order valence-electron chi connectivity index (χ1n) is 8.87. The molecule has 4 rings (SSSR count). The molecular weight excluding hydrogens is 291 g/mol. The maximum atomic E-state index is 13.9. The Balaban J connectivity index is 1.47. The smallest absolute Gasteiger partial charge is 0.236 e. The molecule has 1 aromatic carbocycles. The van der Waals surface area contributed by atoms with E-state index >= 15 is 0 Å². The molecule has 0 atom stereocenters. The van der Waals surface area contributed by atoms with Crippen LogP contribution in [0.2, 0.25) is 0 Å². The zero-order valence-corrected chi connectivity index (χ0v) is 13.8.